The molecule has 6 nitrogen and oxygen atoms in total. The van der Waals surface area contributed by atoms with Gasteiger partial charge in [0.1, 0.15) is 11.7 Å². The van der Waals surface area contributed by atoms with Gasteiger partial charge in [-0.2, -0.15) is 5.10 Å². The Morgan fingerprint density at radius 1 is 1.18 bits per heavy atom. The molecule has 146 valence electrons. The monoisotopic (exact) mass is 396 g/mol. The van der Waals surface area contributed by atoms with Gasteiger partial charge in [-0.05, 0) is 30.4 Å². The molecule has 3 aromatic rings. The van der Waals surface area contributed by atoms with E-state index in [1.807, 2.05) is 54.8 Å². The van der Waals surface area contributed by atoms with Crippen molar-refractivity contribution < 1.29 is 9.59 Å². The molecule has 0 saturated carbocycles. The van der Waals surface area contributed by atoms with E-state index in [-0.39, 0.29) is 11.8 Å². The van der Waals surface area contributed by atoms with E-state index in [0.717, 1.165) is 16.9 Å². The predicted molar refractivity (Wildman–Crippen MR) is 111 cm³/mol. The number of rotatable bonds is 8. The second-order valence-corrected chi connectivity index (χ2v) is 7.49. The fourth-order valence-corrected chi connectivity index (χ4v) is 3.50. The Balaban J connectivity index is 1.82. The SMILES string of the molecule is CCCNC(=O)[C@@H](C)NC(=O)c1cn(Cc2ccccc2)nc1-c1cccs1. The lowest BCUT2D eigenvalue weighted by atomic mass is 10.2. The minimum absolute atomic E-state index is 0.190. The molecule has 0 unspecified atom stereocenters. The van der Waals surface area contributed by atoms with Crippen molar-refractivity contribution in [2.24, 2.45) is 0 Å². The Kier molecular flexibility index (Phi) is 6.60. The summed E-state index contributed by atoms with van der Waals surface area (Å²) in [4.78, 5) is 25.9. The number of benzene rings is 1. The Labute approximate surface area is 168 Å². The second-order valence-electron chi connectivity index (χ2n) is 6.54. The summed E-state index contributed by atoms with van der Waals surface area (Å²) in [5, 5.41) is 12.2. The number of carbonyl (C=O) groups is 2. The van der Waals surface area contributed by atoms with Crippen molar-refractivity contribution in [3.05, 3.63) is 65.2 Å². The highest BCUT2D eigenvalue weighted by Crippen LogP contribution is 2.27. The third kappa shape index (κ3) is 4.86. The van der Waals surface area contributed by atoms with E-state index in [4.69, 9.17) is 0 Å². The van der Waals surface area contributed by atoms with Crippen LogP contribution in [0, 0.1) is 0 Å². The van der Waals surface area contributed by atoms with Crippen molar-refractivity contribution in [2.75, 3.05) is 6.54 Å². The number of nitrogens with zero attached hydrogens (tertiary/aromatic N) is 2. The number of hydrogen-bond donors (Lipinski definition) is 2. The number of aromatic nitrogens is 2. The van der Waals surface area contributed by atoms with Crippen LogP contribution in [0.25, 0.3) is 10.6 Å². The second kappa shape index (κ2) is 9.32. The Hall–Kier alpha value is -2.93. The maximum absolute atomic E-state index is 12.9. The zero-order chi connectivity index (χ0) is 19.9. The zero-order valence-electron chi connectivity index (χ0n) is 16.0. The Morgan fingerprint density at radius 2 is 1.96 bits per heavy atom. The van der Waals surface area contributed by atoms with Gasteiger partial charge in [0, 0.05) is 12.7 Å². The van der Waals surface area contributed by atoms with Gasteiger partial charge >= 0.3 is 0 Å². The lowest BCUT2D eigenvalue weighted by Gasteiger charge is -2.13. The summed E-state index contributed by atoms with van der Waals surface area (Å²) in [5.41, 5.74) is 2.19. The highest BCUT2D eigenvalue weighted by atomic mass is 32.1. The first-order valence-electron chi connectivity index (χ1n) is 9.32. The highest BCUT2D eigenvalue weighted by molar-refractivity contribution is 7.13. The average Bonchev–Trinajstić information content (AvgIpc) is 3.36. The molecule has 0 saturated heterocycles. The van der Waals surface area contributed by atoms with Crippen LogP contribution in [0.3, 0.4) is 0 Å². The summed E-state index contributed by atoms with van der Waals surface area (Å²) in [6.07, 6.45) is 2.59. The largest absolute Gasteiger partial charge is 0.354 e. The average molecular weight is 397 g/mol. The van der Waals surface area contributed by atoms with E-state index < -0.39 is 6.04 Å². The van der Waals surface area contributed by atoms with Crippen LogP contribution in [0.1, 0.15) is 36.2 Å². The quantitative estimate of drug-likeness (QED) is 0.613. The van der Waals surface area contributed by atoms with Crippen molar-refractivity contribution in [1.82, 2.24) is 20.4 Å². The van der Waals surface area contributed by atoms with Crippen molar-refractivity contribution in [3.8, 4) is 10.6 Å². The molecular formula is C21H24N4O2S. The van der Waals surface area contributed by atoms with Crippen LogP contribution >= 0.6 is 11.3 Å². The molecule has 28 heavy (non-hydrogen) atoms. The van der Waals surface area contributed by atoms with Gasteiger partial charge in [0.15, 0.2) is 0 Å². The molecule has 0 radical (unpaired) electrons. The smallest absolute Gasteiger partial charge is 0.255 e. The van der Waals surface area contributed by atoms with E-state index in [2.05, 4.69) is 15.7 Å². The van der Waals surface area contributed by atoms with Crippen LogP contribution in [-0.2, 0) is 11.3 Å². The molecule has 0 aliphatic carbocycles. The summed E-state index contributed by atoms with van der Waals surface area (Å²) in [5.74, 6) is -0.494. The normalized spacial score (nSPS) is 11.8. The van der Waals surface area contributed by atoms with Crippen molar-refractivity contribution in [1.29, 1.82) is 0 Å². The molecule has 2 amide bonds. The Bertz CT molecular complexity index is 919. The van der Waals surface area contributed by atoms with Gasteiger partial charge < -0.3 is 10.6 Å². The minimum Gasteiger partial charge on any atom is -0.354 e. The predicted octanol–water partition coefficient (Wildman–Crippen LogP) is 3.30. The molecule has 0 bridgehead atoms. The molecular weight excluding hydrogens is 372 g/mol. The van der Waals surface area contributed by atoms with Gasteiger partial charge in [-0.15, -0.1) is 11.3 Å². The van der Waals surface area contributed by atoms with Crippen LogP contribution in [0.4, 0.5) is 0 Å². The van der Waals surface area contributed by atoms with Crippen molar-refractivity contribution >= 4 is 23.2 Å². The van der Waals surface area contributed by atoms with Crippen LogP contribution in [-0.4, -0.2) is 34.2 Å². The number of carbonyl (C=O) groups excluding carboxylic acids is 2. The molecule has 0 aliphatic rings. The van der Waals surface area contributed by atoms with Gasteiger partial charge in [-0.25, -0.2) is 0 Å². The van der Waals surface area contributed by atoms with E-state index >= 15 is 0 Å². The van der Waals surface area contributed by atoms with E-state index in [1.54, 1.807) is 17.8 Å². The summed E-state index contributed by atoms with van der Waals surface area (Å²) in [6.45, 7) is 4.83. The molecule has 2 heterocycles. The summed E-state index contributed by atoms with van der Waals surface area (Å²) >= 11 is 1.53. The van der Waals surface area contributed by atoms with Crippen LogP contribution < -0.4 is 10.6 Å². The van der Waals surface area contributed by atoms with Gasteiger partial charge in [-0.3, -0.25) is 14.3 Å². The Morgan fingerprint density at radius 3 is 2.64 bits per heavy atom. The first kappa shape index (κ1) is 19.8. The topological polar surface area (TPSA) is 76.0 Å². The number of nitrogens with one attached hydrogen (secondary N) is 2. The third-order valence-electron chi connectivity index (χ3n) is 4.24. The van der Waals surface area contributed by atoms with Gasteiger partial charge in [0.05, 0.1) is 17.0 Å². The van der Waals surface area contributed by atoms with Crippen LogP contribution in [0.5, 0.6) is 0 Å². The molecule has 1 aromatic carbocycles. The van der Waals surface area contributed by atoms with E-state index in [0.29, 0.717) is 24.3 Å². The van der Waals surface area contributed by atoms with E-state index in [1.165, 1.54) is 11.3 Å². The highest BCUT2D eigenvalue weighted by Gasteiger charge is 2.22. The standard InChI is InChI=1S/C21H24N4O2S/c1-3-11-22-20(26)15(2)23-21(27)17-14-25(13-16-8-5-4-6-9-16)24-19(17)18-10-7-12-28-18/h4-10,12,14-15H,3,11,13H2,1-2H3,(H,22,26)(H,23,27)/t15-/m1/s1. The minimum atomic E-state index is -0.618. The van der Waals surface area contributed by atoms with Crippen molar-refractivity contribution in [3.63, 3.8) is 0 Å². The van der Waals surface area contributed by atoms with Gasteiger partial charge in [0.25, 0.3) is 5.91 Å². The molecule has 2 aromatic heterocycles. The maximum Gasteiger partial charge on any atom is 0.255 e. The molecule has 0 fully saturated rings. The van der Waals surface area contributed by atoms with Gasteiger partial charge in [-0.1, -0.05) is 43.3 Å². The fraction of sp³-hybridized carbons (Fsp3) is 0.286. The maximum atomic E-state index is 12.9. The number of amides is 2. The van der Waals surface area contributed by atoms with Crippen molar-refractivity contribution in [2.45, 2.75) is 32.9 Å². The molecule has 3 rings (SSSR count). The van der Waals surface area contributed by atoms with Crippen LogP contribution in [0.2, 0.25) is 0 Å². The lowest BCUT2D eigenvalue weighted by Crippen LogP contribution is -2.45. The van der Waals surface area contributed by atoms with Crippen LogP contribution in [0.15, 0.2) is 54.0 Å². The first-order chi connectivity index (χ1) is 13.6. The zero-order valence-corrected chi connectivity index (χ0v) is 16.8. The number of thiophene rings is 1. The molecule has 1 atom stereocenters. The first-order valence-corrected chi connectivity index (χ1v) is 10.2. The molecule has 0 aliphatic heterocycles. The molecule has 2 N–H and O–H groups in total. The lowest BCUT2D eigenvalue weighted by molar-refractivity contribution is -0.122. The molecule has 0 spiro atoms. The van der Waals surface area contributed by atoms with Gasteiger partial charge in [0.2, 0.25) is 5.91 Å². The summed E-state index contributed by atoms with van der Waals surface area (Å²) in [7, 11) is 0. The number of hydrogen-bond acceptors (Lipinski definition) is 4. The molecule has 7 heteroatoms. The summed E-state index contributed by atoms with van der Waals surface area (Å²) in [6, 6.07) is 13.2. The summed E-state index contributed by atoms with van der Waals surface area (Å²) < 4.78 is 1.77. The fourth-order valence-electron chi connectivity index (χ4n) is 2.78. The third-order valence-corrected chi connectivity index (χ3v) is 5.11. The van der Waals surface area contributed by atoms with E-state index in [9.17, 15) is 9.59 Å².